The summed E-state index contributed by atoms with van der Waals surface area (Å²) in [6.45, 7) is 3.47. The van der Waals surface area contributed by atoms with Crippen LogP contribution >= 0.6 is 22.6 Å². The Bertz CT molecular complexity index is 840. The van der Waals surface area contributed by atoms with Gasteiger partial charge in [0.2, 0.25) is 0 Å². The molecule has 128 valence electrons. The van der Waals surface area contributed by atoms with Crippen molar-refractivity contribution < 1.29 is 24.1 Å². The van der Waals surface area contributed by atoms with E-state index in [1.54, 1.807) is 18.4 Å². The lowest BCUT2D eigenvalue weighted by molar-refractivity contribution is -0.202. The summed E-state index contributed by atoms with van der Waals surface area (Å²) in [5, 5.41) is 9.42. The van der Waals surface area contributed by atoms with E-state index in [1.807, 2.05) is 22.6 Å². The fourth-order valence-corrected chi connectivity index (χ4v) is 3.58. The molecule has 2 aromatic rings. The van der Waals surface area contributed by atoms with Crippen LogP contribution in [0.4, 0.5) is 5.82 Å². The van der Waals surface area contributed by atoms with Gasteiger partial charge in [-0.2, -0.15) is 0 Å². The van der Waals surface area contributed by atoms with E-state index in [1.165, 1.54) is 6.33 Å². The Morgan fingerprint density at radius 3 is 2.79 bits per heavy atom. The maximum absolute atomic E-state index is 11.5. The van der Waals surface area contributed by atoms with Crippen LogP contribution in [0.25, 0.3) is 11.2 Å². The molecule has 0 spiro atoms. The molecule has 0 bridgehead atoms. The Kier molecular flexibility index (Phi) is 3.46. The number of hydrogen-bond acceptors (Lipinski definition) is 8. The molecule has 0 radical (unpaired) electrons. The third-order valence-electron chi connectivity index (χ3n) is 3.97. The van der Waals surface area contributed by atoms with Crippen molar-refractivity contribution in [2.45, 2.75) is 44.2 Å². The van der Waals surface area contributed by atoms with E-state index in [4.69, 9.17) is 19.9 Å². The number of fused-ring (bicyclic) bond motifs is 2. The van der Waals surface area contributed by atoms with E-state index >= 15 is 0 Å². The summed E-state index contributed by atoms with van der Waals surface area (Å²) in [6, 6.07) is 0. The van der Waals surface area contributed by atoms with Crippen LogP contribution in [0.5, 0.6) is 0 Å². The molecule has 2 fully saturated rings. The molecule has 0 amide bonds. The molecule has 4 heterocycles. The number of ether oxygens (including phenoxy) is 3. The van der Waals surface area contributed by atoms with Crippen molar-refractivity contribution in [2.75, 3.05) is 5.73 Å². The summed E-state index contributed by atoms with van der Waals surface area (Å²) < 4.78 is 19.3. The highest BCUT2D eigenvalue weighted by Gasteiger charge is 2.58. The number of hydrogen-bond donors (Lipinski definition) is 2. The average Bonchev–Trinajstić information content (AvgIpc) is 3.09. The monoisotopic (exact) mass is 447 g/mol. The SMILES string of the molecule is CC1(C)O[C@@H]2[C@@H](O1)[C@H](C(=O)O)O[C@H]2n1cnc2c(N)nc(I)nc21. The summed E-state index contributed by atoms with van der Waals surface area (Å²) in [6.07, 6.45) is -1.72. The van der Waals surface area contributed by atoms with E-state index in [0.29, 0.717) is 15.0 Å². The summed E-state index contributed by atoms with van der Waals surface area (Å²) in [5.74, 6) is -1.76. The summed E-state index contributed by atoms with van der Waals surface area (Å²) in [5.41, 5.74) is 6.75. The minimum absolute atomic E-state index is 0.247. The lowest BCUT2D eigenvalue weighted by Crippen LogP contribution is -2.35. The zero-order chi connectivity index (χ0) is 17.2. The minimum Gasteiger partial charge on any atom is -0.479 e. The highest BCUT2D eigenvalue weighted by Crippen LogP contribution is 2.43. The maximum atomic E-state index is 11.5. The molecule has 0 aliphatic carbocycles. The summed E-state index contributed by atoms with van der Waals surface area (Å²) in [7, 11) is 0. The maximum Gasteiger partial charge on any atom is 0.335 e. The quantitative estimate of drug-likeness (QED) is 0.499. The van der Waals surface area contributed by atoms with Crippen LogP contribution in [0.2, 0.25) is 0 Å². The Labute approximate surface area is 149 Å². The van der Waals surface area contributed by atoms with Gasteiger partial charge in [-0.05, 0) is 13.8 Å². The van der Waals surface area contributed by atoms with Crippen LogP contribution in [-0.2, 0) is 19.0 Å². The summed E-state index contributed by atoms with van der Waals surface area (Å²) >= 11 is 1.95. The first-order valence-electron chi connectivity index (χ1n) is 7.16. The topological polar surface area (TPSA) is 135 Å². The number of aliphatic carboxylic acids is 1. The first kappa shape index (κ1) is 15.9. The van der Waals surface area contributed by atoms with Crippen LogP contribution in [0, 0.1) is 3.83 Å². The molecule has 2 saturated heterocycles. The number of carboxylic acid groups (broad SMARTS) is 1. The molecule has 4 atom stereocenters. The first-order chi connectivity index (χ1) is 11.3. The van der Waals surface area contributed by atoms with Crippen molar-refractivity contribution in [1.29, 1.82) is 0 Å². The lowest BCUT2D eigenvalue weighted by Gasteiger charge is -2.23. The molecular weight excluding hydrogens is 433 g/mol. The van der Waals surface area contributed by atoms with Crippen molar-refractivity contribution in [1.82, 2.24) is 19.5 Å². The predicted molar refractivity (Wildman–Crippen MR) is 87.8 cm³/mol. The molecule has 10 nitrogen and oxygen atoms in total. The van der Waals surface area contributed by atoms with Gasteiger partial charge in [0.1, 0.15) is 17.7 Å². The average molecular weight is 447 g/mol. The van der Waals surface area contributed by atoms with Crippen molar-refractivity contribution in [3.8, 4) is 0 Å². The van der Waals surface area contributed by atoms with Crippen molar-refractivity contribution >= 4 is 45.5 Å². The zero-order valence-corrected chi connectivity index (χ0v) is 14.9. The van der Waals surface area contributed by atoms with Gasteiger partial charge in [0, 0.05) is 22.6 Å². The number of rotatable bonds is 2. The fourth-order valence-electron chi connectivity index (χ4n) is 3.10. The Morgan fingerprint density at radius 1 is 1.38 bits per heavy atom. The van der Waals surface area contributed by atoms with E-state index in [9.17, 15) is 9.90 Å². The number of anilines is 1. The van der Waals surface area contributed by atoms with E-state index in [0.717, 1.165) is 0 Å². The molecule has 2 aromatic heterocycles. The number of aromatic nitrogens is 4. The van der Waals surface area contributed by atoms with Crippen LogP contribution in [-0.4, -0.2) is 54.7 Å². The van der Waals surface area contributed by atoms with Crippen LogP contribution in [0.3, 0.4) is 0 Å². The molecule has 0 aromatic carbocycles. The van der Waals surface area contributed by atoms with E-state index < -0.39 is 36.3 Å². The second kappa shape index (κ2) is 5.21. The molecule has 4 rings (SSSR count). The van der Waals surface area contributed by atoms with Gasteiger partial charge < -0.3 is 25.1 Å². The van der Waals surface area contributed by atoms with Crippen molar-refractivity contribution in [2.24, 2.45) is 0 Å². The predicted octanol–water partition coefficient (Wildman–Crippen LogP) is 0.515. The largest absolute Gasteiger partial charge is 0.479 e. The van der Waals surface area contributed by atoms with Gasteiger partial charge in [0.15, 0.2) is 33.4 Å². The smallest absolute Gasteiger partial charge is 0.335 e. The number of carbonyl (C=O) groups is 1. The van der Waals surface area contributed by atoms with Crippen LogP contribution in [0.1, 0.15) is 20.1 Å². The van der Waals surface area contributed by atoms with Gasteiger partial charge >= 0.3 is 5.97 Å². The number of halogens is 1. The van der Waals surface area contributed by atoms with Gasteiger partial charge in [-0.3, -0.25) is 4.57 Å². The van der Waals surface area contributed by atoms with Gasteiger partial charge in [-0.25, -0.2) is 19.7 Å². The second-order valence-corrected chi connectivity index (χ2v) is 7.02. The number of imidazole rings is 1. The molecule has 2 aliphatic rings. The Balaban J connectivity index is 1.80. The van der Waals surface area contributed by atoms with Gasteiger partial charge in [0.25, 0.3) is 0 Å². The Morgan fingerprint density at radius 2 is 2.08 bits per heavy atom. The van der Waals surface area contributed by atoms with Crippen molar-refractivity contribution in [3.05, 3.63) is 10.2 Å². The van der Waals surface area contributed by atoms with E-state index in [-0.39, 0.29) is 5.82 Å². The zero-order valence-electron chi connectivity index (χ0n) is 12.7. The number of carboxylic acids is 1. The van der Waals surface area contributed by atoms with Crippen molar-refractivity contribution in [3.63, 3.8) is 0 Å². The standard InChI is InChI=1S/C13H14IN5O5/c1-13(2)23-5-6(24-13)10(22-7(5)11(20)21)19-3-16-4-8(15)17-12(14)18-9(4)19/h3,5-7,10H,1-2H3,(H,20,21)(H2,15,17,18)/t5-,6-,7-,10-/m1/s1. The molecule has 0 saturated carbocycles. The molecule has 24 heavy (non-hydrogen) atoms. The number of nitrogens with two attached hydrogens (primary N) is 1. The summed E-state index contributed by atoms with van der Waals surface area (Å²) in [4.78, 5) is 24.1. The molecule has 0 unspecified atom stereocenters. The third-order valence-corrected chi connectivity index (χ3v) is 4.45. The number of nitrogens with zero attached hydrogens (tertiary/aromatic N) is 4. The van der Waals surface area contributed by atoms with Gasteiger partial charge in [-0.1, -0.05) is 0 Å². The first-order valence-corrected chi connectivity index (χ1v) is 8.24. The van der Waals surface area contributed by atoms with E-state index in [2.05, 4.69) is 15.0 Å². The van der Waals surface area contributed by atoms with Crippen LogP contribution < -0.4 is 5.73 Å². The van der Waals surface area contributed by atoms with Gasteiger partial charge in [0.05, 0.1) is 6.33 Å². The Hall–Kier alpha value is -1.57. The van der Waals surface area contributed by atoms with Crippen LogP contribution in [0.15, 0.2) is 6.33 Å². The molecular formula is C13H14IN5O5. The second-order valence-electron chi connectivity index (χ2n) is 6.05. The molecule has 11 heteroatoms. The fraction of sp³-hybridized carbons (Fsp3) is 0.538. The highest BCUT2D eigenvalue weighted by atomic mass is 127. The number of nitrogen functional groups attached to an aromatic ring is 1. The minimum atomic E-state index is -1.14. The molecule has 3 N–H and O–H groups in total. The third kappa shape index (κ3) is 2.34. The lowest BCUT2D eigenvalue weighted by atomic mass is 10.1. The van der Waals surface area contributed by atoms with Gasteiger partial charge in [-0.15, -0.1) is 0 Å². The highest BCUT2D eigenvalue weighted by molar-refractivity contribution is 14.1. The normalized spacial score (nSPS) is 31.5. The molecule has 2 aliphatic heterocycles.